The van der Waals surface area contributed by atoms with Gasteiger partial charge in [0.2, 0.25) is 11.8 Å². The predicted molar refractivity (Wildman–Crippen MR) is 164 cm³/mol. The third-order valence-corrected chi connectivity index (χ3v) is 8.40. The number of nitrogens with one attached hydrogen (secondary N) is 1. The monoisotopic (exact) mass is 615 g/mol. The van der Waals surface area contributed by atoms with Gasteiger partial charge in [-0.15, -0.1) is 0 Å². The van der Waals surface area contributed by atoms with Gasteiger partial charge in [0.05, 0.1) is 24.8 Å². The topological polar surface area (TPSA) is 105 Å². The summed E-state index contributed by atoms with van der Waals surface area (Å²) in [5.74, 6) is -0.137. The first-order chi connectivity index (χ1) is 19.8. The predicted octanol–water partition coefficient (Wildman–Crippen LogP) is 5.27. The Kier molecular flexibility index (Phi) is 10.9. The van der Waals surface area contributed by atoms with Gasteiger partial charge >= 0.3 is 0 Å². The van der Waals surface area contributed by atoms with Crippen LogP contribution in [0.2, 0.25) is 5.02 Å². The van der Waals surface area contributed by atoms with Gasteiger partial charge in [-0.05, 0) is 75.2 Å². The molecule has 0 saturated heterocycles. The van der Waals surface area contributed by atoms with E-state index < -0.39 is 34.1 Å². The summed E-state index contributed by atoms with van der Waals surface area (Å²) in [6.07, 6.45) is 0.295. The van der Waals surface area contributed by atoms with E-state index in [1.807, 2.05) is 26.8 Å². The Bertz CT molecular complexity index is 1490. The highest BCUT2D eigenvalue weighted by molar-refractivity contribution is 7.92. The molecule has 42 heavy (non-hydrogen) atoms. The highest BCUT2D eigenvalue weighted by Gasteiger charge is 2.35. The Hall–Kier alpha value is -3.76. The number of amides is 2. The van der Waals surface area contributed by atoms with E-state index in [-0.39, 0.29) is 33.8 Å². The molecule has 0 aliphatic heterocycles. The minimum absolute atomic E-state index is 0.0170. The average molecular weight is 616 g/mol. The van der Waals surface area contributed by atoms with E-state index >= 15 is 0 Å². The molecule has 0 spiro atoms. The fourth-order valence-corrected chi connectivity index (χ4v) is 6.03. The van der Waals surface area contributed by atoms with Crippen molar-refractivity contribution in [1.82, 2.24) is 10.2 Å². The molecular formula is C31H38ClN3O6S. The first-order valence-electron chi connectivity index (χ1n) is 13.5. The average Bonchev–Trinajstić information content (AvgIpc) is 2.95. The molecule has 0 bridgehead atoms. The molecule has 11 heteroatoms. The molecule has 0 aliphatic rings. The minimum atomic E-state index is -4.27. The van der Waals surface area contributed by atoms with Crippen molar-refractivity contribution in [2.75, 3.05) is 25.1 Å². The maximum atomic E-state index is 14.3. The zero-order chi connectivity index (χ0) is 31.1. The van der Waals surface area contributed by atoms with E-state index in [4.69, 9.17) is 21.1 Å². The molecule has 0 aromatic heterocycles. The normalized spacial score (nSPS) is 12.3. The van der Waals surface area contributed by atoms with Crippen LogP contribution < -0.4 is 19.1 Å². The van der Waals surface area contributed by atoms with E-state index in [9.17, 15) is 18.0 Å². The molecule has 3 aromatic rings. The Morgan fingerprint density at radius 2 is 1.64 bits per heavy atom. The van der Waals surface area contributed by atoms with Gasteiger partial charge in [-0.2, -0.15) is 0 Å². The van der Waals surface area contributed by atoms with E-state index in [0.717, 1.165) is 4.31 Å². The number of methoxy groups -OCH3 is 2. The second-order valence-electron chi connectivity index (χ2n) is 10.7. The number of rotatable bonds is 12. The number of carbonyl (C=O) groups is 2. The lowest BCUT2D eigenvalue weighted by Crippen LogP contribution is -2.55. The van der Waals surface area contributed by atoms with Gasteiger partial charge in [0.1, 0.15) is 24.1 Å². The van der Waals surface area contributed by atoms with Crippen LogP contribution in [0, 0.1) is 0 Å². The summed E-state index contributed by atoms with van der Waals surface area (Å²) in [5.41, 5.74) is 0.254. The molecular weight excluding hydrogens is 578 g/mol. The van der Waals surface area contributed by atoms with Crippen molar-refractivity contribution >= 4 is 39.1 Å². The smallest absolute Gasteiger partial charge is 0.264 e. The number of carbonyl (C=O) groups excluding carboxylic acids is 2. The summed E-state index contributed by atoms with van der Waals surface area (Å²) in [6, 6.07) is 18.6. The molecule has 0 heterocycles. The highest BCUT2D eigenvalue weighted by atomic mass is 35.5. The quantitative estimate of drug-likeness (QED) is 0.297. The van der Waals surface area contributed by atoms with Gasteiger partial charge in [-0.3, -0.25) is 13.9 Å². The van der Waals surface area contributed by atoms with Crippen molar-refractivity contribution in [3.05, 3.63) is 83.4 Å². The molecule has 2 amide bonds. The summed E-state index contributed by atoms with van der Waals surface area (Å²) < 4.78 is 39.9. The fourth-order valence-electron chi connectivity index (χ4n) is 4.43. The van der Waals surface area contributed by atoms with Crippen LogP contribution in [-0.2, 0) is 26.2 Å². The Labute approximate surface area is 253 Å². The van der Waals surface area contributed by atoms with E-state index in [1.165, 1.54) is 36.3 Å². The Morgan fingerprint density at radius 3 is 2.24 bits per heavy atom. The highest BCUT2D eigenvalue weighted by Crippen LogP contribution is 2.35. The maximum Gasteiger partial charge on any atom is 0.264 e. The van der Waals surface area contributed by atoms with Crippen LogP contribution in [-0.4, -0.2) is 57.5 Å². The van der Waals surface area contributed by atoms with Crippen molar-refractivity contribution in [1.29, 1.82) is 0 Å². The van der Waals surface area contributed by atoms with Crippen LogP contribution in [0.5, 0.6) is 11.5 Å². The molecule has 226 valence electrons. The third-order valence-electron chi connectivity index (χ3n) is 6.39. The van der Waals surface area contributed by atoms with Gasteiger partial charge in [-0.25, -0.2) is 8.42 Å². The number of hydrogen-bond donors (Lipinski definition) is 1. The SMILES string of the molecule is CC[C@H](C(=O)NC(C)(C)C)N(Cc1cccc(OC)c1)C(=O)CN(c1cc(Cl)ccc1OC)S(=O)(=O)c1ccccc1. The second kappa shape index (κ2) is 13.9. The minimum Gasteiger partial charge on any atom is -0.497 e. The summed E-state index contributed by atoms with van der Waals surface area (Å²) in [4.78, 5) is 29.1. The number of ether oxygens (including phenoxy) is 2. The van der Waals surface area contributed by atoms with Gasteiger partial charge < -0.3 is 19.7 Å². The van der Waals surface area contributed by atoms with Gasteiger partial charge in [0, 0.05) is 17.1 Å². The first-order valence-corrected chi connectivity index (χ1v) is 15.3. The zero-order valence-electron chi connectivity index (χ0n) is 24.8. The van der Waals surface area contributed by atoms with Gasteiger partial charge in [0.15, 0.2) is 0 Å². The summed E-state index contributed by atoms with van der Waals surface area (Å²) >= 11 is 6.29. The molecule has 1 atom stereocenters. The molecule has 3 aromatic carbocycles. The van der Waals surface area contributed by atoms with E-state index in [0.29, 0.717) is 17.7 Å². The molecule has 3 rings (SSSR count). The van der Waals surface area contributed by atoms with Crippen LogP contribution in [0.15, 0.2) is 77.7 Å². The lowest BCUT2D eigenvalue weighted by Gasteiger charge is -2.35. The molecule has 0 radical (unpaired) electrons. The number of hydrogen-bond acceptors (Lipinski definition) is 6. The van der Waals surface area contributed by atoms with Crippen LogP contribution in [0.4, 0.5) is 5.69 Å². The standard InChI is InChI=1S/C31H38ClN3O6S/c1-7-26(30(37)33-31(2,3)4)34(20-22-12-11-13-24(18-22)40-5)29(36)21-35(27-19-23(32)16-17-28(27)41-6)42(38,39)25-14-9-8-10-15-25/h8-19,26H,7,20-21H2,1-6H3,(H,33,37)/t26-/m1/s1. The van der Waals surface area contributed by atoms with Crippen molar-refractivity contribution < 1.29 is 27.5 Å². The van der Waals surface area contributed by atoms with Crippen LogP contribution in [0.1, 0.15) is 39.7 Å². The number of anilines is 1. The lowest BCUT2D eigenvalue weighted by molar-refractivity contribution is -0.141. The van der Waals surface area contributed by atoms with E-state index in [1.54, 1.807) is 56.5 Å². The van der Waals surface area contributed by atoms with Crippen LogP contribution in [0.3, 0.4) is 0 Å². The Balaban J connectivity index is 2.14. The van der Waals surface area contributed by atoms with Crippen molar-refractivity contribution in [2.24, 2.45) is 0 Å². The Morgan fingerprint density at radius 1 is 0.952 bits per heavy atom. The maximum absolute atomic E-state index is 14.3. The lowest BCUT2D eigenvalue weighted by atomic mass is 10.1. The van der Waals surface area contributed by atoms with Crippen molar-refractivity contribution in [3.63, 3.8) is 0 Å². The first kappa shape index (κ1) is 32.8. The van der Waals surface area contributed by atoms with Crippen molar-refractivity contribution in [2.45, 2.75) is 57.1 Å². The zero-order valence-corrected chi connectivity index (χ0v) is 26.3. The molecule has 0 unspecified atom stereocenters. The van der Waals surface area contributed by atoms with Crippen LogP contribution >= 0.6 is 11.6 Å². The molecule has 1 N–H and O–H groups in total. The largest absolute Gasteiger partial charge is 0.497 e. The summed E-state index contributed by atoms with van der Waals surface area (Å²) in [7, 11) is -1.33. The van der Waals surface area contributed by atoms with Crippen LogP contribution in [0.25, 0.3) is 0 Å². The summed E-state index contributed by atoms with van der Waals surface area (Å²) in [6.45, 7) is 6.79. The number of sulfonamides is 1. The number of nitrogens with zero attached hydrogens (tertiary/aromatic N) is 2. The second-order valence-corrected chi connectivity index (χ2v) is 13.0. The fraction of sp³-hybridized carbons (Fsp3) is 0.355. The molecule has 0 saturated carbocycles. The molecule has 0 aliphatic carbocycles. The number of halogens is 1. The van der Waals surface area contributed by atoms with Crippen molar-refractivity contribution in [3.8, 4) is 11.5 Å². The van der Waals surface area contributed by atoms with Gasteiger partial charge in [-0.1, -0.05) is 48.9 Å². The third kappa shape index (κ3) is 8.17. The molecule has 0 fully saturated rings. The van der Waals surface area contributed by atoms with E-state index in [2.05, 4.69) is 5.32 Å². The number of benzene rings is 3. The van der Waals surface area contributed by atoms with Gasteiger partial charge in [0.25, 0.3) is 10.0 Å². The molecule has 9 nitrogen and oxygen atoms in total. The summed E-state index contributed by atoms with van der Waals surface area (Å²) in [5, 5.41) is 3.21.